The van der Waals surface area contributed by atoms with Crippen LogP contribution in [0.2, 0.25) is 5.02 Å². The number of carbonyl (C=O) groups excluding carboxylic acids is 1. The number of nitrogens with zero attached hydrogens (tertiary/aromatic N) is 2. The largest absolute Gasteiger partial charge is 0.360 e. The molecule has 1 aromatic carbocycles. The summed E-state index contributed by atoms with van der Waals surface area (Å²) in [4.78, 5) is 11.8. The third-order valence-corrected chi connectivity index (χ3v) is 4.93. The molecule has 2 N–H and O–H groups in total. The Balaban J connectivity index is 1.71. The maximum atomic E-state index is 11.8. The molecule has 8 heteroatoms. The van der Waals surface area contributed by atoms with Crippen LogP contribution in [0.3, 0.4) is 0 Å². The quantitative estimate of drug-likeness (QED) is 0.709. The molecule has 1 heterocycles. The smallest absolute Gasteiger partial charge is 0.230 e. The number of nitrogens with one attached hydrogen (secondary N) is 2. The van der Waals surface area contributed by atoms with Crippen LogP contribution in [-0.2, 0) is 11.3 Å². The predicted molar refractivity (Wildman–Crippen MR) is 92.7 cm³/mol. The van der Waals surface area contributed by atoms with E-state index in [0.29, 0.717) is 17.3 Å². The Morgan fingerprint density at radius 3 is 2.82 bits per heavy atom. The molecule has 0 aliphatic rings. The highest BCUT2D eigenvalue weighted by Gasteiger charge is 2.07. The maximum Gasteiger partial charge on any atom is 0.230 e. The Labute approximate surface area is 142 Å². The Morgan fingerprint density at radius 1 is 1.32 bits per heavy atom. The molecule has 0 saturated carbocycles. The lowest BCUT2D eigenvalue weighted by Gasteiger charge is -2.04. The molecule has 22 heavy (non-hydrogen) atoms. The van der Waals surface area contributed by atoms with Gasteiger partial charge in [-0.05, 0) is 24.1 Å². The molecule has 5 nitrogen and oxygen atoms in total. The summed E-state index contributed by atoms with van der Waals surface area (Å²) in [5, 5.41) is 15.6. The Morgan fingerprint density at radius 2 is 2.09 bits per heavy atom. The summed E-state index contributed by atoms with van der Waals surface area (Å²) >= 11 is 8.68. The van der Waals surface area contributed by atoms with Crippen molar-refractivity contribution in [3.63, 3.8) is 0 Å². The number of anilines is 1. The molecule has 0 unspecified atom stereocenters. The van der Waals surface area contributed by atoms with Crippen LogP contribution in [0.4, 0.5) is 5.13 Å². The predicted octanol–water partition coefficient (Wildman–Crippen LogP) is 3.42. The fraction of sp³-hybridized carbons (Fsp3) is 0.357. The van der Waals surface area contributed by atoms with Crippen LogP contribution in [0.25, 0.3) is 0 Å². The number of rotatable bonds is 8. The van der Waals surface area contributed by atoms with E-state index in [2.05, 4.69) is 27.8 Å². The Hall–Kier alpha value is -1.31. The van der Waals surface area contributed by atoms with Crippen LogP contribution >= 0.6 is 34.7 Å². The van der Waals surface area contributed by atoms with Crippen molar-refractivity contribution in [1.29, 1.82) is 0 Å². The first-order valence-corrected chi connectivity index (χ1v) is 9.06. The first kappa shape index (κ1) is 17.1. The number of benzene rings is 1. The van der Waals surface area contributed by atoms with Gasteiger partial charge in [0.2, 0.25) is 11.0 Å². The zero-order valence-corrected chi connectivity index (χ0v) is 14.5. The molecular weight excluding hydrogens is 340 g/mol. The van der Waals surface area contributed by atoms with Gasteiger partial charge in [0.1, 0.15) is 0 Å². The van der Waals surface area contributed by atoms with Gasteiger partial charge in [0.15, 0.2) is 4.34 Å². The van der Waals surface area contributed by atoms with Crippen molar-refractivity contribution in [1.82, 2.24) is 15.5 Å². The van der Waals surface area contributed by atoms with Crippen molar-refractivity contribution in [3.8, 4) is 0 Å². The lowest BCUT2D eigenvalue weighted by molar-refractivity contribution is -0.118. The first-order valence-electron chi connectivity index (χ1n) is 6.88. The Kier molecular flexibility index (Phi) is 6.95. The van der Waals surface area contributed by atoms with Gasteiger partial charge in [-0.25, -0.2) is 0 Å². The number of hydrogen-bond donors (Lipinski definition) is 2. The standard InChI is InChI=1S/C14H17ClN4OS2/c1-2-7-16-13-18-19-14(22-13)21-9-12(20)17-8-10-3-5-11(15)6-4-10/h3-6H,2,7-9H2,1H3,(H,16,18)(H,17,20). The van der Waals surface area contributed by atoms with E-state index >= 15 is 0 Å². The molecular formula is C14H17ClN4OS2. The lowest BCUT2D eigenvalue weighted by Crippen LogP contribution is -2.24. The van der Waals surface area contributed by atoms with Crippen LogP contribution in [0.1, 0.15) is 18.9 Å². The number of aromatic nitrogens is 2. The third-order valence-electron chi connectivity index (χ3n) is 2.66. The molecule has 0 aliphatic carbocycles. The molecule has 0 aliphatic heterocycles. The van der Waals surface area contributed by atoms with Gasteiger partial charge in [-0.1, -0.05) is 53.8 Å². The minimum absolute atomic E-state index is 0.0294. The van der Waals surface area contributed by atoms with Gasteiger partial charge in [-0.15, -0.1) is 10.2 Å². The van der Waals surface area contributed by atoms with E-state index in [-0.39, 0.29) is 5.91 Å². The van der Waals surface area contributed by atoms with E-state index in [1.807, 2.05) is 24.3 Å². The summed E-state index contributed by atoms with van der Waals surface area (Å²) in [6.45, 7) is 3.46. The molecule has 2 aromatic rings. The molecule has 1 aromatic heterocycles. The minimum atomic E-state index is -0.0294. The molecule has 0 bridgehead atoms. The van der Waals surface area contributed by atoms with Gasteiger partial charge in [-0.2, -0.15) is 0 Å². The number of carbonyl (C=O) groups is 1. The summed E-state index contributed by atoms with van der Waals surface area (Å²) < 4.78 is 0.792. The zero-order valence-electron chi connectivity index (χ0n) is 12.1. The second-order valence-electron chi connectivity index (χ2n) is 4.49. The van der Waals surface area contributed by atoms with Gasteiger partial charge in [0.25, 0.3) is 0 Å². The van der Waals surface area contributed by atoms with Crippen molar-refractivity contribution in [2.45, 2.75) is 24.2 Å². The molecule has 0 atom stereocenters. The molecule has 118 valence electrons. The van der Waals surface area contributed by atoms with Gasteiger partial charge in [-0.3, -0.25) is 4.79 Å². The van der Waals surface area contributed by atoms with Crippen molar-refractivity contribution in [2.24, 2.45) is 0 Å². The SMILES string of the molecule is CCCNc1nnc(SCC(=O)NCc2ccc(Cl)cc2)s1. The third kappa shape index (κ3) is 5.82. The van der Waals surface area contributed by atoms with Crippen LogP contribution in [0, 0.1) is 0 Å². The zero-order chi connectivity index (χ0) is 15.8. The number of halogens is 1. The van der Waals surface area contributed by atoms with Crippen molar-refractivity contribution >= 4 is 45.7 Å². The van der Waals surface area contributed by atoms with E-state index in [1.165, 1.54) is 23.1 Å². The van der Waals surface area contributed by atoms with Crippen molar-refractivity contribution in [3.05, 3.63) is 34.9 Å². The second-order valence-corrected chi connectivity index (χ2v) is 7.13. The summed E-state index contributed by atoms with van der Waals surface area (Å²) in [5.74, 6) is 0.300. The minimum Gasteiger partial charge on any atom is -0.360 e. The van der Waals surface area contributed by atoms with E-state index in [4.69, 9.17) is 11.6 Å². The summed E-state index contributed by atoms with van der Waals surface area (Å²) in [5.41, 5.74) is 1.02. The average molecular weight is 357 g/mol. The van der Waals surface area contributed by atoms with Crippen LogP contribution < -0.4 is 10.6 Å². The van der Waals surface area contributed by atoms with Gasteiger partial charge >= 0.3 is 0 Å². The number of amides is 1. The van der Waals surface area contributed by atoms with E-state index in [9.17, 15) is 4.79 Å². The number of thioether (sulfide) groups is 1. The fourth-order valence-corrected chi connectivity index (χ4v) is 3.29. The summed E-state index contributed by atoms with van der Waals surface area (Å²) in [6.07, 6.45) is 1.04. The van der Waals surface area contributed by atoms with Gasteiger partial charge < -0.3 is 10.6 Å². The molecule has 0 radical (unpaired) electrons. The summed E-state index contributed by atoms with van der Waals surface area (Å²) in [7, 11) is 0. The second kappa shape index (κ2) is 8.97. The van der Waals surface area contributed by atoms with E-state index < -0.39 is 0 Å². The van der Waals surface area contributed by atoms with Gasteiger partial charge in [0, 0.05) is 18.1 Å². The monoisotopic (exact) mass is 356 g/mol. The molecule has 0 spiro atoms. The van der Waals surface area contributed by atoms with Crippen molar-refractivity contribution in [2.75, 3.05) is 17.6 Å². The van der Waals surface area contributed by atoms with E-state index in [1.54, 1.807) is 0 Å². The molecule has 2 rings (SSSR count). The molecule has 0 saturated heterocycles. The van der Waals surface area contributed by atoms with E-state index in [0.717, 1.165) is 28.0 Å². The van der Waals surface area contributed by atoms with Crippen LogP contribution in [-0.4, -0.2) is 28.4 Å². The van der Waals surface area contributed by atoms with Crippen LogP contribution in [0.5, 0.6) is 0 Å². The lowest BCUT2D eigenvalue weighted by atomic mass is 10.2. The fourth-order valence-electron chi connectivity index (χ4n) is 1.55. The highest BCUT2D eigenvalue weighted by Crippen LogP contribution is 2.25. The normalized spacial score (nSPS) is 10.5. The highest BCUT2D eigenvalue weighted by atomic mass is 35.5. The van der Waals surface area contributed by atoms with Crippen LogP contribution in [0.15, 0.2) is 28.6 Å². The molecule has 1 amide bonds. The maximum absolute atomic E-state index is 11.8. The topological polar surface area (TPSA) is 66.9 Å². The number of hydrogen-bond acceptors (Lipinski definition) is 6. The summed E-state index contributed by atoms with van der Waals surface area (Å²) in [6, 6.07) is 7.41. The highest BCUT2D eigenvalue weighted by molar-refractivity contribution is 8.01. The Bertz CT molecular complexity index is 603. The molecule has 0 fully saturated rings. The van der Waals surface area contributed by atoms with Crippen molar-refractivity contribution < 1.29 is 4.79 Å². The van der Waals surface area contributed by atoms with Gasteiger partial charge in [0.05, 0.1) is 5.75 Å². The average Bonchev–Trinajstić information content (AvgIpc) is 2.98. The first-order chi connectivity index (χ1) is 10.7.